The van der Waals surface area contributed by atoms with Gasteiger partial charge in [0.15, 0.2) is 0 Å². The standard InChI is InChI=1S/C15H18N2O2/c1-4-19-14-8-6-5-7-12(14)9-13(10-16)15(18)17-11(2)3/h5-9,11H,4H2,1-3H3,(H,17,18). The van der Waals surface area contributed by atoms with Gasteiger partial charge in [-0.2, -0.15) is 5.26 Å². The van der Waals surface area contributed by atoms with Crippen LogP contribution in [0.3, 0.4) is 0 Å². The maximum absolute atomic E-state index is 11.8. The highest BCUT2D eigenvalue weighted by Crippen LogP contribution is 2.20. The van der Waals surface area contributed by atoms with Crippen molar-refractivity contribution >= 4 is 12.0 Å². The van der Waals surface area contributed by atoms with E-state index in [4.69, 9.17) is 10.00 Å². The Hall–Kier alpha value is -2.28. The van der Waals surface area contributed by atoms with Crippen LogP contribution in [0.2, 0.25) is 0 Å². The van der Waals surface area contributed by atoms with E-state index in [1.807, 2.05) is 51.1 Å². The number of benzene rings is 1. The number of carbonyl (C=O) groups is 1. The van der Waals surface area contributed by atoms with Gasteiger partial charge in [-0.15, -0.1) is 0 Å². The summed E-state index contributed by atoms with van der Waals surface area (Å²) in [5.41, 5.74) is 0.792. The van der Waals surface area contributed by atoms with E-state index >= 15 is 0 Å². The van der Waals surface area contributed by atoms with E-state index in [2.05, 4.69) is 5.32 Å². The molecule has 1 aromatic carbocycles. The molecule has 1 aromatic rings. The first-order valence-corrected chi connectivity index (χ1v) is 6.23. The summed E-state index contributed by atoms with van der Waals surface area (Å²) in [6.07, 6.45) is 1.54. The highest BCUT2D eigenvalue weighted by molar-refractivity contribution is 6.02. The summed E-state index contributed by atoms with van der Waals surface area (Å²) in [5.74, 6) is 0.291. The van der Waals surface area contributed by atoms with Crippen molar-refractivity contribution in [2.75, 3.05) is 6.61 Å². The Kier molecular flexibility index (Phi) is 5.62. The van der Waals surface area contributed by atoms with Crippen molar-refractivity contribution in [2.24, 2.45) is 0 Å². The van der Waals surface area contributed by atoms with Gasteiger partial charge in [0.1, 0.15) is 17.4 Å². The maximum atomic E-state index is 11.8. The number of nitrogens with one attached hydrogen (secondary N) is 1. The normalized spacial score (nSPS) is 11.0. The Labute approximate surface area is 113 Å². The molecule has 0 radical (unpaired) electrons. The molecule has 0 saturated carbocycles. The van der Waals surface area contributed by atoms with Crippen molar-refractivity contribution in [3.8, 4) is 11.8 Å². The summed E-state index contributed by atoms with van der Waals surface area (Å²) in [6, 6.07) is 9.22. The number of carbonyl (C=O) groups excluding carboxylic acids is 1. The molecular formula is C15H18N2O2. The topological polar surface area (TPSA) is 62.1 Å². The monoisotopic (exact) mass is 258 g/mol. The van der Waals surface area contributed by atoms with E-state index in [0.29, 0.717) is 12.4 Å². The Bertz CT molecular complexity index is 513. The van der Waals surface area contributed by atoms with Gasteiger partial charge in [0, 0.05) is 11.6 Å². The smallest absolute Gasteiger partial charge is 0.262 e. The number of amides is 1. The molecule has 100 valence electrons. The van der Waals surface area contributed by atoms with Crippen LogP contribution in [-0.2, 0) is 4.79 Å². The lowest BCUT2D eigenvalue weighted by Crippen LogP contribution is -2.30. The van der Waals surface area contributed by atoms with E-state index in [-0.39, 0.29) is 17.5 Å². The molecule has 0 bridgehead atoms. The third-order valence-electron chi connectivity index (χ3n) is 2.30. The number of hydrogen-bond donors (Lipinski definition) is 1. The molecule has 0 fully saturated rings. The van der Waals surface area contributed by atoms with Gasteiger partial charge in [-0.3, -0.25) is 4.79 Å². The molecule has 4 nitrogen and oxygen atoms in total. The van der Waals surface area contributed by atoms with Crippen LogP contribution in [-0.4, -0.2) is 18.6 Å². The fourth-order valence-electron chi connectivity index (χ4n) is 1.53. The van der Waals surface area contributed by atoms with Crippen LogP contribution in [0.1, 0.15) is 26.3 Å². The molecule has 0 heterocycles. The highest BCUT2D eigenvalue weighted by Gasteiger charge is 2.11. The second kappa shape index (κ2) is 7.22. The van der Waals surface area contributed by atoms with Gasteiger partial charge in [-0.1, -0.05) is 18.2 Å². The maximum Gasteiger partial charge on any atom is 0.262 e. The number of hydrogen-bond acceptors (Lipinski definition) is 3. The molecule has 0 aliphatic rings. The molecule has 1 N–H and O–H groups in total. The lowest BCUT2D eigenvalue weighted by atomic mass is 10.1. The average Bonchev–Trinajstić information content (AvgIpc) is 2.37. The van der Waals surface area contributed by atoms with E-state index in [1.54, 1.807) is 6.08 Å². The minimum absolute atomic E-state index is 0.00798. The molecule has 4 heteroatoms. The zero-order valence-electron chi connectivity index (χ0n) is 11.4. The van der Waals surface area contributed by atoms with Crippen LogP contribution in [0.4, 0.5) is 0 Å². The third-order valence-corrected chi connectivity index (χ3v) is 2.30. The van der Waals surface area contributed by atoms with Gasteiger partial charge in [0.2, 0.25) is 0 Å². The van der Waals surface area contributed by atoms with Gasteiger partial charge in [0.25, 0.3) is 5.91 Å². The summed E-state index contributed by atoms with van der Waals surface area (Å²) in [4.78, 5) is 11.8. The highest BCUT2D eigenvalue weighted by atomic mass is 16.5. The van der Waals surface area contributed by atoms with Gasteiger partial charge >= 0.3 is 0 Å². The van der Waals surface area contributed by atoms with Crippen LogP contribution < -0.4 is 10.1 Å². The number of rotatable bonds is 5. The Morgan fingerprint density at radius 3 is 2.74 bits per heavy atom. The summed E-state index contributed by atoms with van der Waals surface area (Å²) in [7, 11) is 0. The van der Waals surface area contributed by atoms with E-state index in [1.165, 1.54) is 0 Å². The number of para-hydroxylation sites is 1. The quantitative estimate of drug-likeness (QED) is 0.652. The first-order valence-electron chi connectivity index (χ1n) is 6.23. The zero-order valence-corrected chi connectivity index (χ0v) is 11.4. The largest absolute Gasteiger partial charge is 0.493 e. The van der Waals surface area contributed by atoms with E-state index < -0.39 is 0 Å². The van der Waals surface area contributed by atoms with Crippen LogP contribution in [0, 0.1) is 11.3 Å². The third kappa shape index (κ3) is 4.47. The first kappa shape index (κ1) is 14.8. The molecule has 0 spiro atoms. The van der Waals surface area contributed by atoms with Crippen molar-refractivity contribution in [3.05, 3.63) is 35.4 Å². The van der Waals surface area contributed by atoms with Gasteiger partial charge < -0.3 is 10.1 Å². The predicted octanol–water partition coefficient (Wildman–Crippen LogP) is 2.52. The number of ether oxygens (including phenoxy) is 1. The Balaban J connectivity index is 3.05. The number of nitriles is 1. The Morgan fingerprint density at radius 2 is 2.16 bits per heavy atom. The van der Waals surface area contributed by atoms with Crippen molar-refractivity contribution in [1.82, 2.24) is 5.32 Å². The second-order valence-electron chi connectivity index (χ2n) is 4.27. The molecule has 0 aromatic heterocycles. The van der Waals surface area contributed by atoms with Gasteiger partial charge in [-0.25, -0.2) is 0 Å². The molecule has 0 aliphatic heterocycles. The predicted molar refractivity (Wildman–Crippen MR) is 74.5 cm³/mol. The molecular weight excluding hydrogens is 240 g/mol. The lowest BCUT2D eigenvalue weighted by Gasteiger charge is -2.09. The van der Waals surface area contributed by atoms with Crippen molar-refractivity contribution < 1.29 is 9.53 Å². The molecule has 0 aliphatic carbocycles. The van der Waals surface area contributed by atoms with E-state index in [9.17, 15) is 4.79 Å². The van der Waals surface area contributed by atoms with Crippen LogP contribution >= 0.6 is 0 Å². The summed E-state index contributed by atoms with van der Waals surface area (Å²) in [6.45, 7) is 6.12. The lowest BCUT2D eigenvalue weighted by molar-refractivity contribution is -0.117. The van der Waals surface area contributed by atoms with Gasteiger partial charge in [-0.05, 0) is 32.9 Å². The number of nitrogens with zero attached hydrogens (tertiary/aromatic N) is 1. The summed E-state index contributed by atoms with van der Waals surface area (Å²) < 4.78 is 5.46. The minimum atomic E-state index is -0.371. The average molecular weight is 258 g/mol. The molecule has 19 heavy (non-hydrogen) atoms. The van der Waals surface area contributed by atoms with Crippen LogP contribution in [0.25, 0.3) is 6.08 Å². The summed E-state index contributed by atoms with van der Waals surface area (Å²) >= 11 is 0. The minimum Gasteiger partial charge on any atom is -0.493 e. The summed E-state index contributed by atoms with van der Waals surface area (Å²) in [5, 5.41) is 11.8. The van der Waals surface area contributed by atoms with Crippen molar-refractivity contribution in [2.45, 2.75) is 26.8 Å². The fourth-order valence-corrected chi connectivity index (χ4v) is 1.53. The van der Waals surface area contributed by atoms with Gasteiger partial charge in [0.05, 0.1) is 6.61 Å². The zero-order chi connectivity index (χ0) is 14.3. The van der Waals surface area contributed by atoms with Crippen molar-refractivity contribution in [1.29, 1.82) is 5.26 Å². The van der Waals surface area contributed by atoms with Crippen molar-refractivity contribution in [3.63, 3.8) is 0 Å². The molecule has 1 amide bonds. The van der Waals surface area contributed by atoms with E-state index in [0.717, 1.165) is 5.56 Å². The molecule has 0 saturated heterocycles. The van der Waals surface area contributed by atoms with Crippen LogP contribution in [0.15, 0.2) is 29.8 Å². The fraction of sp³-hybridized carbons (Fsp3) is 0.333. The SMILES string of the molecule is CCOc1ccccc1C=C(C#N)C(=O)NC(C)C. The first-order chi connectivity index (χ1) is 9.08. The second-order valence-corrected chi connectivity index (χ2v) is 4.27. The molecule has 0 unspecified atom stereocenters. The molecule has 1 rings (SSSR count). The van der Waals surface area contributed by atoms with Crippen LogP contribution in [0.5, 0.6) is 5.75 Å². The Morgan fingerprint density at radius 1 is 1.47 bits per heavy atom. The molecule has 0 atom stereocenters.